The van der Waals surface area contributed by atoms with Gasteiger partial charge in [-0.15, -0.1) is 0 Å². The van der Waals surface area contributed by atoms with E-state index in [-0.39, 0.29) is 0 Å². The molecular weight excluding hydrogens is 230 g/mol. The summed E-state index contributed by atoms with van der Waals surface area (Å²) in [6.07, 6.45) is 0. The number of hydrogen-bond acceptors (Lipinski definition) is 4. The second-order valence-electron chi connectivity index (χ2n) is 3.37. The lowest BCUT2D eigenvalue weighted by Crippen LogP contribution is -2.41. The molecule has 0 aliphatic carbocycles. The van der Waals surface area contributed by atoms with Crippen LogP contribution in [0.3, 0.4) is 0 Å². The molecule has 0 radical (unpaired) electrons. The molecule has 5 nitrogen and oxygen atoms in total. The van der Waals surface area contributed by atoms with Crippen LogP contribution in [0, 0.1) is 20.8 Å². The summed E-state index contributed by atoms with van der Waals surface area (Å²) < 4.78 is 31.0. The summed E-state index contributed by atoms with van der Waals surface area (Å²) in [4.78, 5) is 0. The molecule has 1 aromatic carbocycles. The van der Waals surface area contributed by atoms with Crippen molar-refractivity contribution in [2.45, 2.75) is 20.8 Å². The van der Waals surface area contributed by atoms with Crippen LogP contribution in [0.4, 0.5) is 5.69 Å². The minimum Gasteiger partial charge on any atom is -0.726 e. The maximum Gasteiger partial charge on any atom is 0.217 e. The van der Waals surface area contributed by atoms with Crippen LogP contribution in [0.15, 0.2) is 12.1 Å². The lowest BCUT2D eigenvalue weighted by Gasteiger charge is -2.03. The molecule has 3 N–H and O–H groups in total. The maximum atomic E-state index is 9.22. The van der Waals surface area contributed by atoms with Gasteiger partial charge in [0.2, 0.25) is 10.4 Å². The summed E-state index contributed by atoms with van der Waals surface area (Å²) in [5.41, 5.74) is 9.10. The molecule has 0 amide bonds. The molecule has 0 saturated heterocycles. The first kappa shape index (κ1) is 15.0. The van der Waals surface area contributed by atoms with Crippen molar-refractivity contribution in [1.29, 1.82) is 0 Å². The lowest BCUT2D eigenvalue weighted by atomic mass is 10.0. The van der Waals surface area contributed by atoms with Gasteiger partial charge in [0.1, 0.15) is 5.69 Å². The Kier molecular flexibility index (Phi) is 5.60. The Balaban J connectivity index is 0.000000325. The van der Waals surface area contributed by atoms with E-state index in [4.69, 9.17) is 0 Å². The van der Waals surface area contributed by atoms with E-state index in [0.717, 1.165) is 12.8 Å². The maximum absolute atomic E-state index is 9.22. The number of rotatable bonds is 1. The Morgan fingerprint density at radius 1 is 1.19 bits per heavy atom. The summed E-state index contributed by atoms with van der Waals surface area (Å²) in [5.74, 6) is 0. The summed E-state index contributed by atoms with van der Waals surface area (Å²) >= 11 is 0. The van der Waals surface area contributed by atoms with Gasteiger partial charge in [-0.2, -0.15) is 0 Å². The van der Waals surface area contributed by atoms with E-state index in [2.05, 4.69) is 42.8 Å². The molecule has 0 bridgehead atoms. The lowest BCUT2D eigenvalue weighted by molar-refractivity contribution is -0.255. The number of aryl methyl sites for hydroxylation is 1. The van der Waals surface area contributed by atoms with Crippen molar-refractivity contribution >= 4 is 16.1 Å². The Labute approximate surface area is 96.2 Å². The van der Waals surface area contributed by atoms with E-state index < -0.39 is 10.4 Å². The van der Waals surface area contributed by atoms with E-state index in [1.54, 1.807) is 0 Å². The van der Waals surface area contributed by atoms with Crippen molar-refractivity contribution in [3.63, 3.8) is 0 Å². The zero-order chi connectivity index (χ0) is 12.9. The van der Waals surface area contributed by atoms with Gasteiger partial charge in [-0.1, -0.05) is 6.07 Å². The quantitative estimate of drug-likeness (QED) is 0.580. The third-order valence-electron chi connectivity index (χ3n) is 2.37. The molecule has 1 aromatic rings. The second kappa shape index (κ2) is 5.95. The van der Waals surface area contributed by atoms with Crippen molar-refractivity contribution in [2.24, 2.45) is 0 Å². The van der Waals surface area contributed by atoms with Gasteiger partial charge >= 0.3 is 0 Å². The molecule has 0 saturated carbocycles. The van der Waals surface area contributed by atoms with E-state index >= 15 is 0 Å². The number of benzene rings is 1. The van der Waals surface area contributed by atoms with Gasteiger partial charge in [-0.05, 0) is 38.0 Å². The van der Waals surface area contributed by atoms with Crippen molar-refractivity contribution in [2.75, 3.05) is 7.11 Å². The van der Waals surface area contributed by atoms with Gasteiger partial charge < -0.3 is 10.3 Å². The SMILES string of the molecule is COS(=O)(=O)[O-].Cc1ccc([NH3+])c(C)c1C. The van der Waals surface area contributed by atoms with Crippen LogP contribution < -0.4 is 5.73 Å². The fraction of sp³-hybridized carbons (Fsp3) is 0.400. The Bertz CT molecular complexity index is 427. The highest BCUT2D eigenvalue weighted by molar-refractivity contribution is 7.80. The summed E-state index contributed by atoms with van der Waals surface area (Å²) in [6, 6.07) is 4.18. The van der Waals surface area contributed by atoms with Crippen LogP contribution in [0.2, 0.25) is 0 Å². The molecule has 0 heterocycles. The van der Waals surface area contributed by atoms with Gasteiger partial charge in [0, 0.05) is 5.56 Å². The minimum absolute atomic E-state index is 0.808. The van der Waals surface area contributed by atoms with Crippen LogP contribution in [-0.2, 0) is 14.6 Å². The molecule has 0 spiro atoms. The second-order valence-corrected chi connectivity index (χ2v) is 4.52. The van der Waals surface area contributed by atoms with Gasteiger partial charge in [0.15, 0.2) is 0 Å². The summed E-state index contributed by atoms with van der Waals surface area (Å²) in [6.45, 7) is 6.38. The first-order chi connectivity index (χ1) is 7.19. The molecule has 92 valence electrons. The van der Waals surface area contributed by atoms with Crippen molar-refractivity contribution < 1.29 is 22.9 Å². The molecule has 0 aliphatic rings. The van der Waals surface area contributed by atoms with Crippen LogP contribution in [-0.4, -0.2) is 20.1 Å². The molecule has 0 fully saturated rings. The fourth-order valence-electron chi connectivity index (χ4n) is 1.01. The standard InChI is InChI=1S/C9H13N.CH4O4S/c1-6-4-5-9(10)8(3)7(6)2;1-5-6(2,3)4/h4-5H,10H2,1-3H3;1H3,(H,2,3,4). The number of quaternary nitrogens is 1. The predicted octanol–water partition coefficient (Wildman–Crippen LogP) is 0.578. The molecule has 0 aliphatic heterocycles. The highest BCUT2D eigenvalue weighted by Crippen LogP contribution is 2.16. The highest BCUT2D eigenvalue weighted by atomic mass is 32.3. The average Bonchev–Trinajstić information content (AvgIpc) is 2.21. The van der Waals surface area contributed by atoms with E-state index in [1.165, 1.54) is 16.7 Å². The summed E-state index contributed by atoms with van der Waals surface area (Å²) in [7, 11) is -3.60. The Morgan fingerprint density at radius 2 is 1.62 bits per heavy atom. The third kappa shape index (κ3) is 5.22. The zero-order valence-electron chi connectivity index (χ0n) is 9.90. The van der Waals surface area contributed by atoms with Crippen molar-refractivity contribution in [3.05, 3.63) is 28.8 Å². The molecule has 16 heavy (non-hydrogen) atoms. The van der Waals surface area contributed by atoms with Crippen LogP contribution in [0.25, 0.3) is 0 Å². The van der Waals surface area contributed by atoms with Gasteiger partial charge in [0.05, 0.1) is 7.11 Å². The molecule has 1 rings (SSSR count). The largest absolute Gasteiger partial charge is 0.726 e. The van der Waals surface area contributed by atoms with Crippen LogP contribution in [0.1, 0.15) is 16.7 Å². The van der Waals surface area contributed by atoms with Gasteiger partial charge in [-0.25, -0.2) is 8.42 Å². The van der Waals surface area contributed by atoms with Crippen molar-refractivity contribution in [1.82, 2.24) is 0 Å². The smallest absolute Gasteiger partial charge is 0.217 e. The fourth-order valence-corrected chi connectivity index (χ4v) is 1.01. The molecule has 6 heteroatoms. The third-order valence-corrected chi connectivity index (χ3v) is 2.78. The first-order valence-corrected chi connectivity index (χ1v) is 5.92. The topological polar surface area (TPSA) is 94.1 Å². The minimum atomic E-state index is -4.41. The summed E-state index contributed by atoms with van der Waals surface area (Å²) in [5, 5.41) is 0. The number of hydrogen-bond donors (Lipinski definition) is 1. The Hall–Kier alpha value is -0.950. The Morgan fingerprint density at radius 3 is 1.94 bits per heavy atom. The van der Waals surface area contributed by atoms with E-state index in [9.17, 15) is 13.0 Å². The highest BCUT2D eigenvalue weighted by Gasteiger charge is 2.01. The van der Waals surface area contributed by atoms with E-state index in [0.29, 0.717) is 0 Å². The van der Waals surface area contributed by atoms with Gasteiger partial charge in [0.25, 0.3) is 0 Å². The van der Waals surface area contributed by atoms with Crippen LogP contribution in [0.5, 0.6) is 0 Å². The molecule has 0 atom stereocenters. The van der Waals surface area contributed by atoms with E-state index in [1.807, 2.05) is 0 Å². The van der Waals surface area contributed by atoms with Gasteiger partial charge in [-0.3, -0.25) is 4.18 Å². The monoisotopic (exact) mass is 247 g/mol. The molecular formula is C10H17NO4S. The normalized spacial score (nSPS) is 10.6. The zero-order valence-corrected chi connectivity index (χ0v) is 10.7. The first-order valence-electron chi connectivity index (χ1n) is 4.59. The molecule has 0 unspecified atom stereocenters. The van der Waals surface area contributed by atoms with Crippen LogP contribution >= 0.6 is 0 Å². The van der Waals surface area contributed by atoms with Crippen molar-refractivity contribution in [3.8, 4) is 0 Å². The average molecular weight is 247 g/mol. The molecule has 0 aromatic heterocycles. The predicted molar refractivity (Wildman–Crippen MR) is 59.9 cm³/mol.